The number of carboxylic acid groups (broad SMARTS) is 1. The highest BCUT2D eigenvalue weighted by atomic mass is 19.1. The van der Waals surface area contributed by atoms with Crippen molar-refractivity contribution in [2.24, 2.45) is 0 Å². The Morgan fingerprint density at radius 1 is 1.39 bits per heavy atom. The lowest BCUT2D eigenvalue weighted by Gasteiger charge is -2.16. The molecule has 2 atom stereocenters. The summed E-state index contributed by atoms with van der Waals surface area (Å²) in [6.07, 6.45) is -0.909. The first kappa shape index (κ1) is 14.0. The average Bonchev–Trinajstić information content (AvgIpc) is 2.28. The first-order chi connectivity index (χ1) is 8.40. The molecule has 0 spiro atoms. The van der Waals surface area contributed by atoms with Crippen molar-refractivity contribution in [3.8, 4) is 5.75 Å². The van der Waals surface area contributed by atoms with E-state index in [0.717, 1.165) is 6.07 Å². The summed E-state index contributed by atoms with van der Waals surface area (Å²) >= 11 is 0. The number of hydrogen-bond donors (Lipinski definition) is 2. The molecular formula is C12H14FNO4. The van der Waals surface area contributed by atoms with Crippen molar-refractivity contribution in [2.75, 3.05) is 0 Å². The van der Waals surface area contributed by atoms with Gasteiger partial charge in [0.15, 0.2) is 6.10 Å². The summed E-state index contributed by atoms with van der Waals surface area (Å²) in [5, 5.41) is 10.9. The zero-order chi connectivity index (χ0) is 13.7. The van der Waals surface area contributed by atoms with Crippen LogP contribution in [0.15, 0.2) is 24.3 Å². The summed E-state index contributed by atoms with van der Waals surface area (Å²) < 4.78 is 18.1. The minimum absolute atomic E-state index is 0.209. The van der Waals surface area contributed by atoms with E-state index in [2.05, 4.69) is 5.32 Å². The maximum Gasteiger partial charge on any atom is 0.325 e. The summed E-state index contributed by atoms with van der Waals surface area (Å²) in [6.45, 7) is 2.80. The Kier molecular flexibility index (Phi) is 4.65. The van der Waals surface area contributed by atoms with Crippen LogP contribution in [0.4, 0.5) is 4.39 Å². The maximum absolute atomic E-state index is 12.9. The highest BCUT2D eigenvalue weighted by Gasteiger charge is 2.20. The maximum atomic E-state index is 12.9. The Morgan fingerprint density at radius 2 is 2.06 bits per heavy atom. The van der Waals surface area contributed by atoms with Gasteiger partial charge in [-0.2, -0.15) is 0 Å². The summed E-state index contributed by atoms with van der Waals surface area (Å²) in [5.41, 5.74) is 0. The molecule has 2 N–H and O–H groups in total. The van der Waals surface area contributed by atoms with Gasteiger partial charge in [-0.3, -0.25) is 9.59 Å². The van der Waals surface area contributed by atoms with E-state index in [1.807, 2.05) is 0 Å². The van der Waals surface area contributed by atoms with Gasteiger partial charge in [0.1, 0.15) is 17.6 Å². The van der Waals surface area contributed by atoms with Gasteiger partial charge in [0.05, 0.1) is 0 Å². The van der Waals surface area contributed by atoms with Crippen LogP contribution in [-0.4, -0.2) is 29.1 Å². The van der Waals surface area contributed by atoms with Crippen molar-refractivity contribution < 1.29 is 23.8 Å². The van der Waals surface area contributed by atoms with Crippen LogP contribution in [0.2, 0.25) is 0 Å². The molecule has 5 nitrogen and oxygen atoms in total. The van der Waals surface area contributed by atoms with Crippen molar-refractivity contribution in [3.63, 3.8) is 0 Å². The van der Waals surface area contributed by atoms with Gasteiger partial charge in [-0.05, 0) is 26.0 Å². The van der Waals surface area contributed by atoms with E-state index in [4.69, 9.17) is 9.84 Å². The molecule has 0 heterocycles. The Morgan fingerprint density at radius 3 is 2.61 bits per heavy atom. The van der Waals surface area contributed by atoms with Gasteiger partial charge < -0.3 is 15.2 Å². The fourth-order valence-corrected chi connectivity index (χ4v) is 1.19. The third-order valence-corrected chi connectivity index (χ3v) is 2.21. The van der Waals surface area contributed by atoms with E-state index < -0.39 is 29.8 Å². The van der Waals surface area contributed by atoms with Crippen LogP contribution in [0.1, 0.15) is 13.8 Å². The smallest absolute Gasteiger partial charge is 0.325 e. The SMILES string of the molecule is CC(NC(=O)C(C)Oc1cccc(F)c1)C(=O)O. The van der Waals surface area contributed by atoms with E-state index in [0.29, 0.717) is 0 Å². The number of aliphatic carboxylic acids is 1. The molecule has 1 amide bonds. The first-order valence-electron chi connectivity index (χ1n) is 5.35. The van der Waals surface area contributed by atoms with Gasteiger partial charge >= 0.3 is 5.97 Å². The number of carbonyl (C=O) groups is 2. The van der Waals surface area contributed by atoms with Crippen molar-refractivity contribution in [1.82, 2.24) is 5.32 Å². The summed E-state index contributed by atoms with van der Waals surface area (Å²) in [7, 11) is 0. The van der Waals surface area contributed by atoms with Gasteiger partial charge in [0.25, 0.3) is 5.91 Å². The highest BCUT2D eigenvalue weighted by molar-refractivity contribution is 5.86. The molecule has 18 heavy (non-hydrogen) atoms. The molecule has 0 radical (unpaired) electrons. The number of carboxylic acids is 1. The van der Waals surface area contributed by atoms with Crippen molar-refractivity contribution in [2.45, 2.75) is 26.0 Å². The van der Waals surface area contributed by atoms with Crippen LogP contribution in [0.5, 0.6) is 5.75 Å². The Bertz CT molecular complexity index is 449. The highest BCUT2D eigenvalue weighted by Crippen LogP contribution is 2.13. The molecular weight excluding hydrogens is 241 g/mol. The fraction of sp³-hybridized carbons (Fsp3) is 0.333. The number of halogens is 1. The lowest BCUT2D eigenvalue weighted by atomic mass is 10.3. The van der Waals surface area contributed by atoms with Crippen molar-refractivity contribution in [1.29, 1.82) is 0 Å². The molecule has 1 rings (SSSR count). The Labute approximate surface area is 104 Å². The minimum atomic E-state index is -1.14. The molecule has 0 bridgehead atoms. The predicted molar refractivity (Wildman–Crippen MR) is 61.7 cm³/mol. The lowest BCUT2D eigenvalue weighted by Crippen LogP contribution is -2.44. The monoisotopic (exact) mass is 255 g/mol. The number of benzene rings is 1. The molecule has 0 aromatic heterocycles. The molecule has 1 aromatic rings. The number of amides is 1. The average molecular weight is 255 g/mol. The van der Waals surface area contributed by atoms with Gasteiger partial charge in [-0.1, -0.05) is 6.07 Å². The third kappa shape index (κ3) is 4.04. The number of carbonyl (C=O) groups excluding carboxylic acids is 1. The second-order valence-electron chi connectivity index (χ2n) is 3.79. The number of hydrogen-bond acceptors (Lipinski definition) is 3. The van der Waals surface area contributed by atoms with Crippen LogP contribution in [-0.2, 0) is 9.59 Å². The van der Waals surface area contributed by atoms with Crippen LogP contribution >= 0.6 is 0 Å². The molecule has 0 saturated carbocycles. The van der Waals surface area contributed by atoms with Gasteiger partial charge in [-0.15, -0.1) is 0 Å². The topological polar surface area (TPSA) is 75.6 Å². The second-order valence-corrected chi connectivity index (χ2v) is 3.79. The molecule has 0 aliphatic heterocycles. The quantitative estimate of drug-likeness (QED) is 0.828. The molecule has 6 heteroatoms. The second kappa shape index (κ2) is 6.00. The van der Waals surface area contributed by atoms with E-state index in [9.17, 15) is 14.0 Å². The standard InChI is InChI=1S/C12H14FNO4/c1-7(12(16)17)14-11(15)8(2)18-10-5-3-4-9(13)6-10/h3-8H,1-2H3,(H,14,15)(H,16,17). The zero-order valence-electron chi connectivity index (χ0n) is 10.0. The molecule has 0 saturated heterocycles. The number of ether oxygens (including phenoxy) is 1. The third-order valence-electron chi connectivity index (χ3n) is 2.21. The number of nitrogens with one attached hydrogen (secondary N) is 1. The Hall–Kier alpha value is -2.11. The predicted octanol–water partition coefficient (Wildman–Crippen LogP) is 1.18. The van der Waals surface area contributed by atoms with Crippen LogP contribution < -0.4 is 10.1 Å². The normalized spacial score (nSPS) is 13.5. The summed E-state index contributed by atoms with van der Waals surface area (Å²) in [6, 6.07) is 4.35. The van der Waals surface area contributed by atoms with Crippen molar-refractivity contribution in [3.05, 3.63) is 30.1 Å². The Balaban J connectivity index is 2.57. The molecule has 2 unspecified atom stereocenters. The molecule has 1 aromatic carbocycles. The number of rotatable bonds is 5. The summed E-state index contributed by atoms with van der Waals surface area (Å²) in [4.78, 5) is 22.1. The van der Waals surface area contributed by atoms with E-state index in [-0.39, 0.29) is 5.75 Å². The van der Waals surface area contributed by atoms with Gasteiger partial charge in [0, 0.05) is 6.07 Å². The van der Waals surface area contributed by atoms with Crippen LogP contribution in [0.3, 0.4) is 0 Å². The molecule has 0 aliphatic carbocycles. The summed E-state index contributed by atoms with van der Waals surface area (Å²) in [5.74, 6) is -1.98. The van der Waals surface area contributed by atoms with Gasteiger partial charge in [0.2, 0.25) is 0 Å². The van der Waals surface area contributed by atoms with E-state index >= 15 is 0 Å². The largest absolute Gasteiger partial charge is 0.481 e. The minimum Gasteiger partial charge on any atom is -0.481 e. The van der Waals surface area contributed by atoms with Crippen molar-refractivity contribution >= 4 is 11.9 Å². The van der Waals surface area contributed by atoms with Gasteiger partial charge in [-0.25, -0.2) is 4.39 Å². The molecule has 98 valence electrons. The van der Waals surface area contributed by atoms with Crippen LogP contribution in [0.25, 0.3) is 0 Å². The zero-order valence-corrected chi connectivity index (χ0v) is 10.0. The fourth-order valence-electron chi connectivity index (χ4n) is 1.19. The lowest BCUT2D eigenvalue weighted by molar-refractivity contribution is -0.142. The molecule has 0 fully saturated rings. The first-order valence-corrected chi connectivity index (χ1v) is 5.35. The van der Waals surface area contributed by atoms with Crippen LogP contribution in [0, 0.1) is 5.82 Å². The molecule has 0 aliphatic rings. The van der Waals surface area contributed by atoms with E-state index in [1.165, 1.54) is 32.0 Å². The van der Waals surface area contributed by atoms with E-state index in [1.54, 1.807) is 0 Å².